The Morgan fingerprint density at radius 1 is 1.24 bits per heavy atom. The van der Waals surface area contributed by atoms with Crippen LogP contribution in [0, 0.1) is 0 Å². The number of halogens is 1. The maximum absolute atomic E-state index is 6.07. The molecule has 2 unspecified atom stereocenters. The summed E-state index contributed by atoms with van der Waals surface area (Å²) < 4.78 is 0. The van der Waals surface area contributed by atoms with E-state index < -0.39 is 0 Å². The maximum Gasteiger partial charge on any atom is 0.0408 e. The molecular weight excluding hydrogens is 280 g/mol. The number of likely N-dealkylation sites (tertiary alicyclic amines) is 1. The molecule has 1 aliphatic carbocycles. The van der Waals surface area contributed by atoms with E-state index in [1.807, 2.05) is 6.07 Å². The van der Waals surface area contributed by atoms with E-state index in [0.717, 1.165) is 30.5 Å². The van der Waals surface area contributed by atoms with Gasteiger partial charge in [0.15, 0.2) is 0 Å². The summed E-state index contributed by atoms with van der Waals surface area (Å²) in [5.41, 5.74) is 2.91. The molecule has 21 heavy (non-hydrogen) atoms. The molecule has 3 heteroatoms. The number of piperidine rings is 1. The summed E-state index contributed by atoms with van der Waals surface area (Å²) in [5, 5.41) is 4.60. The van der Waals surface area contributed by atoms with E-state index in [0.29, 0.717) is 6.04 Å². The lowest BCUT2D eigenvalue weighted by molar-refractivity contribution is 0.158. The van der Waals surface area contributed by atoms with Gasteiger partial charge >= 0.3 is 0 Å². The minimum atomic E-state index is 0.609. The van der Waals surface area contributed by atoms with Gasteiger partial charge in [0.05, 0.1) is 0 Å². The highest BCUT2D eigenvalue weighted by Gasteiger charge is 2.21. The molecule has 1 fully saturated rings. The van der Waals surface area contributed by atoms with Gasteiger partial charge in [-0.15, -0.1) is 0 Å². The van der Waals surface area contributed by atoms with E-state index >= 15 is 0 Å². The van der Waals surface area contributed by atoms with Gasteiger partial charge in [-0.3, -0.25) is 0 Å². The summed E-state index contributed by atoms with van der Waals surface area (Å²) in [7, 11) is 0. The molecule has 1 heterocycles. The molecule has 1 aromatic rings. The average molecular weight is 307 g/mol. The summed E-state index contributed by atoms with van der Waals surface area (Å²) in [6.07, 6.45) is 7.74. The minimum Gasteiger partial charge on any atom is -0.313 e. The van der Waals surface area contributed by atoms with Crippen LogP contribution in [0.4, 0.5) is 0 Å². The van der Waals surface area contributed by atoms with E-state index in [1.54, 1.807) is 0 Å². The van der Waals surface area contributed by atoms with E-state index in [2.05, 4.69) is 29.3 Å². The van der Waals surface area contributed by atoms with Gasteiger partial charge in [-0.25, -0.2) is 0 Å². The fourth-order valence-electron chi connectivity index (χ4n) is 3.81. The zero-order valence-electron chi connectivity index (χ0n) is 13.1. The van der Waals surface area contributed by atoms with Gasteiger partial charge < -0.3 is 10.2 Å². The number of hydrogen-bond donors (Lipinski definition) is 1. The Balaban J connectivity index is 1.37. The van der Waals surface area contributed by atoms with Crippen molar-refractivity contribution < 1.29 is 0 Å². The molecule has 1 aromatic carbocycles. The first-order valence-electron chi connectivity index (χ1n) is 8.47. The molecule has 1 saturated heterocycles. The smallest absolute Gasteiger partial charge is 0.0408 e. The first-order chi connectivity index (χ1) is 10.2. The lowest BCUT2D eigenvalue weighted by Gasteiger charge is -2.33. The van der Waals surface area contributed by atoms with E-state index in [-0.39, 0.29) is 0 Å². The van der Waals surface area contributed by atoms with Crippen LogP contribution in [0.3, 0.4) is 0 Å². The molecule has 0 spiro atoms. The molecule has 1 N–H and O–H groups in total. The predicted octanol–water partition coefficient (Wildman–Crippen LogP) is 3.66. The second kappa shape index (κ2) is 7.13. The van der Waals surface area contributed by atoms with Gasteiger partial charge in [0.25, 0.3) is 0 Å². The molecule has 2 atom stereocenters. The molecule has 1 aliphatic heterocycles. The lowest BCUT2D eigenvalue weighted by Crippen LogP contribution is -2.39. The zero-order chi connectivity index (χ0) is 14.7. The van der Waals surface area contributed by atoms with Gasteiger partial charge in [0.2, 0.25) is 0 Å². The van der Waals surface area contributed by atoms with Crippen LogP contribution in [0.15, 0.2) is 18.2 Å². The summed E-state index contributed by atoms with van der Waals surface area (Å²) in [5.74, 6) is 0. The van der Waals surface area contributed by atoms with Crippen LogP contribution in [0.25, 0.3) is 0 Å². The fourth-order valence-corrected chi connectivity index (χ4v) is 4.00. The highest BCUT2D eigenvalue weighted by Crippen LogP contribution is 2.25. The van der Waals surface area contributed by atoms with Crippen LogP contribution in [-0.4, -0.2) is 36.6 Å². The highest BCUT2D eigenvalue weighted by molar-refractivity contribution is 6.30. The summed E-state index contributed by atoms with van der Waals surface area (Å²) in [6, 6.07) is 7.73. The number of fused-ring (bicyclic) bond motifs is 1. The summed E-state index contributed by atoms with van der Waals surface area (Å²) in [6.45, 7) is 6.06. The molecule has 0 amide bonds. The quantitative estimate of drug-likeness (QED) is 0.835. The zero-order valence-corrected chi connectivity index (χ0v) is 13.8. The SMILES string of the molecule is CC1CCCCN1CCCNC1Cc2ccc(Cl)cc2C1. The predicted molar refractivity (Wildman–Crippen MR) is 90.2 cm³/mol. The number of benzene rings is 1. The third-order valence-electron chi connectivity index (χ3n) is 5.10. The molecule has 0 radical (unpaired) electrons. The lowest BCUT2D eigenvalue weighted by atomic mass is 10.0. The van der Waals surface area contributed by atoms with E-state index in [1.165, 1.54) is 49.9 Å². The van der Waals surface area contributed by atoms with Crippen LogP contribution < -0.4 is 5.32 Å². The molecule has 3 rings (SSSR count). The average Bonchev–Trinajstić information content (AvgIpc) is 2.87. The van der Waals surface area contributed by atoms with Crippen molar-refractivity contribution in [3.63, 3.8) is 0 Å². The van der Waals surface area contributed by atoms with Crippen molar-refractivity contribution in [1.82, 2.24) is 10.2 Å². The normalized spacial score (nSPS) is 26.0. The third-order valence-corrected chi connectivity index (χ3v) is 5.33. The molecule has 0 bridgehead atoms. The van der Waals surface area contributed by atoms with Crippen molar-refractivity contribution >= 4 is 11.6 Å². The van der Waals surface area contributed by atoms with Crippen LogP contribution in [0.5, 0.6) is 0 Å². The van der Waals surface area contributed by atoms with Crippen molar-refractivity contribution in [3.8, 4) is 0 Å². The van der Waals surface area contributed by atoms with Crippen molar-refractivity contribution in [2.45, 2.75) is 57.5 Å². The second-order valence-corrected chi connectivity index (χ2v) is 7.14. The monoisotopic (exact) mass is 306 g/mol. The van der Waals surface area contributed by atoms with E-state index in [9.17, 15) is 0 Å². The second-order valence-electron chi connectivity index (χ2n) is 6.71. The van der Waals surface area contributed by atoms with Crippen LogP contribution in [0.1, 0.15) is 43.7 Å². The molecule has 116 valence electrons. The Kier molecular flexibility index (Phi) is 5.20. The molecule has 0 saturated carbocycles. The first kappa shape index (κ1) is 15.3. The van der Waals surface area contributed by atoms with Gasteiger partial charge in [-0.2, -0.15) is 0 Å². The van der Waals surface area contributed by atoms with Crippen molar-refractivity contribution in [1.29, 1.82) is 0 Å². The van der Waals surface area contributed by atoms with Crippen molar-refractivity contribution in [2.24, 2.45) is 0 Å². The number of nitrogens with one attached hydrogen (secondary N) is 1. The summed E-state index contributed by atoms with van der Waals surface area (Å²) >= 11 is 6.07. The van der Waals surface area contributed by atoms with Gasteiger partial charge in [0, 0.05) is 17.1 Å². The molecule has 2 aliphatic rings. The highest BCUT2D eigenvalue weighted by atomic mass is 35.5. The number of nitrogens with zero attached hydrogens (tertiary/aromatic N) is 1. The fraction of sp³-hybridized carbons (Fsp3) is 0.667. The molecule has 2 nitrogen and oxygen atoms in total. The Morgan fingerprint density at radius 3 is 2.95 bits per heavy atom. The third kappa shape index (κ3) is 4.00. The number of hydrogen-bond acceptors (Lipinski definition) is 2. The Labute approximate surface area is 133 Å². The molecular formula is C18H27ClN2. The van der Waals surface area contributed by atoms with Crippen LogP contribution in [-0.2, 0) is 12.8 Å². The Morgan fingerprint density at radius 2 is 2.10 bits per heavy atom. The van der Waals surface area contributed by atoms with Gasteiger partial charge in [-0.1, -0.05) is 24.1 Å². The van der Waals surface area contributed by atoms with Crippen molar-refractivity contribution in [2.75, 3.05) is 19.6 Å². The Hall–Kier alpha value is -0.570. The maximum atomic E-state index is 6.07. The van der Waals surface area contributed by atoms with Gasteiger partial charge in [0.1, 0.15) is 0 Å². The first-order valence-corrected chi connectivity index (χ1v) is 8.85. The van der Waals surface area contributed by atoms with Crippen LogP contribution in [0.2, 0.25) is 5.02 Å². The summed E-state index contributed by atoms with van der Waals surface area (Å²) in [4.78, 5) is 2.66. The number of rotatable bonds is 5. The largest absolute Gasteiger partial charge is 0.313 e. The standard InChI is InChI=1S/C18H27ClN2/c1-14-5-2-3-9-21(14)10-4-8-20-18-12-15-6-7-17(19)11-16(15)13-18/h6-7,11,14,18,20H,2-5,8-10,12-13H2,1H3. The minimum absolute atomic E-state index is 0.609. The van der Waals surface area contributed by atoms with Crippen molar-refractivity contribution in [3.05, 3.63) is 34.3 Å². The van der Waals surface area contributed by atoms with Gasteiger partial charge in [-0.05, 0) is 81.9 Å². The molecule has 0 aromatic heterocycles. The van der Waals surface area contributed by atoms with Crippen LogP contribution >= 0.6 is 11.6 Å². The van der Waals surface area contributed by atoms with E-state index in [4.69, 9.17) is 11.6 Å². The Bertz CT molecular complexity index is 474. The topological polar surface area (TPSA) is 15.3 Å².